The number of carbonyl (C=O) groups is 1. The Morgan fingerprint density at radius 3 is 2.93 bits per heavy atom. The Morgan fingerprint density at radius 1 is 1.50 bits per heavy atom. The molecule has 1 atom stereocenters. The van der Waals surface area contributed by atoms with Crippen LogP contribution in [0.4, 0.5) is 0 Å². The van der Waals surface area contributed by atoms with E-state index in [1.54, 1.807) is 0 Å². The van der Waals surface area contributed by atoms with Gasteiger partial charge < -0.3 is 4.74 Å². The van der Waals surface area contributed by atoms with Crippen molar-refractivity contribution in [2.45, 2.75) is 13.8 Å². The summed E-state index contributed by atoms with van der Waals surface area (Å²) >= 11 is 5.98. The van der Waals surface area contributed by atoms with Crippen LogP contribution in [0.25, 0.3) is 0 Å². The summed E-state index contributed by atoms with van der Waals surface area (Å²) in [6.07, 6.45) is 0. The Labute approximate surface area is 87.8 Å². The van der Waals surface area contributed by atoms with Gasteiger partial charge in [-0.3, -0.25) is 4.79 Å². The van der Waals surface area contributed by atoms with E-state index in [0.717, 1.165) is 5.56 Å². The Morgan fingerprint density at radius 2 is 2.21 bits per heavy atom. The number of rotatable bonds is 0. The third-order valence-corrected chi connectivity index (χ3v) is 2.66. The molecule has 0 bridgehead atoms. The van der Waals surface area contributed by atoms with Gasteiger partial charge in [0.05, 0.1) is 23.1 Å². The summed E-state index contributed by atoms with van der Waals surface area (Å²) in [6, 6.07) is 3.64. The van der Waals surface area contributed by atoms with Gasteiger partial charge >= 0.3 is 0 Å². The molecule has 0 amide bonds. The van der Waals surface area contributed by atoms with Crippen molar-refractivity contribution in [2.24, 2.45) is 5.92 Å². The molecule has 0 aromatic heterocycles. The number of ketones is 1. The van der Waals surface area contributed by atoms with Gasteiger partial charge in [0.2, 0.25) is 0 Å². The first-order valence-corrected chi connectivity index (χ1v) is 4.94. The summed E-state index contributed by atoms with van der Waals surface area (Å²) in [5, 5.41) is 0.528. The molecule has 0 radical (unpaired) electrons. The predicted octanol–water partition coefficient (Wildman–Crippen LogP) is 2.86. The van der Waals surface area contributed by atoms with Crippen LogP contribution in [0.15, 0.2) is 12.1 Å². The molecule has 74 valence electrons. The zero-order valence-corrected chi connectivity index (χ0v) is 8.89. The monoisotopic (exact) mass is 210 g/mol. The first-order valence-electron chi connectivity index (χ1n) is 4.56. The number of hydrogen-bond acceptors (Lipinski definition) is 2. The number of aryl methyl sites for hydroxylation is 1. The number of carbonyl (C=O) groups excluding carboxylic acids is 1. The van der Waals surface area contributed by atoms with Crippen molar-refractivity contribution in [3.63, 3.8) is 0 Å². The van der Waals surface area contributed by atoms with Crippen LogP contribution in [0.5, 0.6) is 5.75 Å². The van der Waals surface area contributed by atoms with Crippen molar-refractivity contribution in [2.75, 3.05) is 6.61 Å². The first kappa shape index (κ1) is 9.53. The summed E-state index contributed by atoms with van der Waals surface area (Å²) in [7, 11) is 0. The van der Waals surface area contributed by atoms with Gasteiger partial charge in [-0.25, -0.2) is 0 Å². The molecule has 1 unspecified atom stereocenters. The van der Waals surface area contributed by atoms with E-state index in [1.807, 2.05) is 26.0 Å². The van der Waals surface area contributed by atoms with Crippen molar-refractivity contribution < 1.29 is 9.53 Å². The van der Waals surface area contributed by atoms with Gasteiger partial charge in [0.25, 0.3) is 0 Å². The summed E-state index contributed by atoms with van der Waals surface area (Å²) in [5.41, 5.74) is 1.61. The summed E-state index contributed by atoms with van der Waals surface area (Å²) < 4.78 is 5.44. The third kappa shape index (κ3) is 1.40. The Bertz CT molecular complexity index is 399. The molecular weight excluding hydrogens is 200 g/mol. The van der Waals surface area contributed by atoms with E-state index >= 15 is 0 Å². The van der Waals surface area contributed by atoms with Gasteiger partial charge in [0, 0.05) is 0 Å². The van der Waals surface area contributed by atoms with Gasteiger partial charge in [0.1, 0.15) is 5.75 Å². The maximum Gasteiger partial charge on any atom is 0.172 e. The molecule has 1 aliphatic heterocycles. The topological polar surface area (TPSA) is 26.3 Å². The van der Waals surface area contributed by atoms with E-state index in [4.69, 9.17) is 16.3 Å². The predicted molar refractivity (Wildman–Crippen MR) is 55.2 cm³/mol. The van der Waals surface area contributed by atoms with E-state index in [2.05, 4.69) is 0 Å². The highest BCUT2D eigenvalue weighted by Crippen LogP contribution is 2.35. The van der Waals surface area contributed by atoms with E-state index < -0.39 is 0 Å². The molecule has 14 heavy (non-hydrogen) atoms. The second-order valence-electron chi connectivity index (χ2n) is 3.70. The van der Waals surface area contributed by atoms with Gasteiger partial charge in [-0.2, -0.15) is 0 Å². The number of fused-ring (bicyclic) bond motifs is 1. The summed E-state index contributed by atoms with van der Waals surface area (Å²) in [4.78, 5) is 11.8. The molecule has 1 aliphatic rings. The lowest BCUT2D eigenvalue weighted by atomic mass is 9.95. The maximum atomic E-state index is 11.8. The van der Waals surface area contributed by atoms with Crippen LogP contribution in [-0.4, -0.2) is 12.4 Å². The van der Waals surface area contributed by atoms with Crippen LogP contribution >= 0.6 is 11.6 Å². The minimum Gasteiger partial charge on any atom is -0.491 e. The summed E-state index contributed by atoms with van der Waals surface area (Å²) in [5.74, 6) is 0.595. The minimum absolute atomic E-state index is 0.0691. The Balaban J connectivity index is 2.60. The molecular formula is C11H11ClO2. The standard InChI is InChI=1S/C11H11ClO2/c1-6-3-8-10(13)7(2)5-14-11(8)9(12)4-6/h3-4,7H,5H2,1-2H3. The zero-order chi connectivity index (χ0) is 10.3. The van der Waals surface area contributed by atoms with Crippen LogP contribution in [0, 0.1) is 12.8 Å². The van der Waals surface area contributed by atoms with Crippen LogP contribution in [0.2, 0.25) is 5.02 Å². The van der Waals surface area contributed by atoms with Crippen molar-refractivity contribution in [3.05, 3.63) is 28.3 Å². The van der Waals surface area contributed by atoms with Crippen LogP contribution < -0.4 is 4.74 Å². The van der Waals surface area contributed by atoms with Crippen molar-refractivity contribution in [1.82, 2.24) is 0 Å². The van der Waals surface area contributed by atoms with E-state index in [-0.39, 0.29) is 11.7 Å². The highest BCUT2D eigenvalue weighted by Gasteiger charge is 2.27. The second kappa shape index (κ2) is 3.28. The SMILES string of the molecule is Cc1cc(Cl)c2c(c1)C(=O)C(C)CO2. The van der Waals surface area contributed by atoms with Gasteiger partial charge in [0.15, 0.2) is 5.78 Å². The fraction of sp³-hybridized carbons (Fsp3) is 0.364. The van der Waals surface area contributed by atoms with Gasteiger partial charge in [-0.15, -0.1) is 0 Å². The lowest BCUT2D eigenvalue weighted by Gasteiger charge is -2.22. The number of benzene rings is 1. The normalized spacial score (nSPS) is 20.2. The van der Waals surface area contributed by atoms with Crippen molar-refractivity contribution in [1.29, 1.82) is 0 Å². The molecule has 2 nitrogen and oxygen atoms in total. The number of ether oxygens (including phenoxy) is 1. The minimum atomic E-state index is -0.0691. The van der Waals surface area contributed by atoms with Crippen molar-refractivity contribution >= 4 is 17.4 Å². The van der Waals surface area contributed by atoms with Crippen LogP contribution in [0.1, 0.15) is 22.8 Å². The molecule has 1 heterocycles. The number of halogens is 1. The molecule has 0 spiro atoms. The molecule has 0 fully saturated rings. The van der Waals surface area contributed by atoms with Crippen molar-refractivity contribution in [3.8, 4) is 5.75 Å². The molecule has 1 aromatic rings. The number of Topliss-reactive ketones (excluding diaryl/α,β-unsaturated/α-hetero) is 1. The fourth-order valence-corrected chi connectivity index (χ4v) is 1.94. The molecule has 1 aromatic carbocycles. The molecule has 0 aliphatic carbocycles. The fourth-order valence-electron chi connectivity index (χ4n) is 1.61. The molecule has 0 saturated heterocycles. The van der Waals surface area contributed by atoms with Gasteiger partial charge in [-0.1, -0.05) is 18.5 Å². The Kier molecular flexibility index (Phi) is 2.23. The smallest absolute Gasteiger partial charge is 0.172 e. The molecule has 2 rings (SSSR count). The molecule has 0 saturated carbocycles. The summed E-state index contributed by atoms with van der Waals surface area (Å²) in [6.45, 7) is 4.20. The number of hydrogen-bond donors (Lipinski definition) is 0. The highest BCUT2D eigenvalue weighted by atomic mass is 35.5. The third-order valence-electron chi connectivity index (χ3n) is 2.38. The van der Waals surface area contributed by atoms with Crippen LogP contribution in [0.3, 0.4) is 0 Å². The zero-order valence-electron chi connectivity index (χ0n) is 8.13. The Hall–Kier alpha value is -1.02. The van der Waals surface area contributed by atoms with E-state index in [1.165, 1.54) is 0 Å². The van der Waals surface area contributed by atoms with Crippen LogP contribution in [-0.2, 0) is 0 Å². The largest absolute Gasteiger partial charge is 0.491 e. The highest BCUT2D eigenvalue weighted by molar-refractivity contribution is 6.33. The van der Waals surface area contributed by atoms with E-state index in [0.29, 0.717) is 22.9 Å². The maximum absolute atomic E-state index is 11.8. The van der Waals surface area contributed by atoms with Gasteiger partial charge in [-0.05, 0) is 24.6 Å². The average molecular weight is 211 g/mol. The molecule has 3 heteroatoms. The lowest BCUT2D eigenvalue weighted by Crippen LogP contribution is -2.25. The first-order chi connectivity index (χ1) is 6.59. The lowest BCUT2D eigenvalue weighted by molar-refractivity contribution is 0.0848. The molecule has 0 N–H and O–H groups in total. The van der Waals surface area contributed by atoms with E-state index in [9.17, 15) is 4.79 Å². The average Bonchev–Trinajstić information content (AvgIpc) is 2.12. The quantitative estimate of drug-likeness (QED) is 0.658. The second-order valence-corrected chi connectivity index (χ2v) is 4.11.